The topological polar surface area (TPSA) is 243 Å². The van der Waals surface area contributed by atoms with Crippen molar-refractivity contribution in [2.75, 3.05) is 46.8 Å². The number of hydrogen-bond donors (Lipinski definition) is 5. The van der Waals surface area contributed by atoms with Crippen molar-refractivity contribution in [1.82, 2.24) is 0 Å². The Hall–Kier alpha value is 0.400. The van der Waals surface area contributed by atoms with Crippen LogP contribution in [0.4, 0.5) is 0 Å². The predicted octanol–water partition coefficient (Wildman–Crippen LogP) is 0.920. The molecule has 0 aromatic rings. The monoisotopic (exact) mass is 556 g/mol. The van der Waals surface area contributed by atoms with E-state index in [-0.39, 0.29) is 13.2 Å². The van der Waals surface area contributed by atoms with Crippen LogP contribution in [0.2, 0.25) is 0 Å². The zero-order valence-corrected chi connectivity index (χ0v) is 20.9. The Bertz CT molecular complexity index is 699. The molecule has 0 rings (SSSR count). The highest BCUT2D eigenvalue weighted by Crippen LogP contribution is 2.50. The number of phosphoric ester groups is 4. The molecule has 0 fully saturated rings. The van der Waals surface area contributed by atoms with Gasteiger partial charge in [0.1, 0.15) is 12.2 Å². The van der Waals surface area contributed by atoms with Gasteiger partial charge in [-0.25, -0.2) is 18.3 Å². The van der Waals surface area contributed by atoms with Crippen molar-refractivity contribution >= 4 is 31.3 Å². The lowest BCUT2D eigenvalue weighted by Gasteiger charge is -2.24. The third kappa shape index (κ3) is 15.3. The van der Waals surface area contributed by atoms with Crippen molar-refractivity contribution in [2.45, 2.75) is 26.1 Å². The maximum atomic E-state index is 12.2. The second kappa shape index (κ2) is 14.7. The Balaban J connectivity index is 5.17. The molecule has 0 spiro atoms. The second-order valence-corrected chi connectivity index (χ2v) is 11.2. The lowest BCUT2D eigenvalue weighted by atomic mass is 10.4. The third-order valence-electron chi connectivity index (χ3n) is 2.85. The summed E-state index contributed by atoms with van der Waals surface area (Å²) >= 11 is 0. The van der Waals surface area contributed by atoms with E-state index in [1.807, 2.05) is 0 Å². The Morgan fingerprint density at radius 1 is 0.625 bits per heavy atom. The van der Waals surface area contributed by atoms with E-state index in [1.54, 1.807) is 0 Å². The second-order valence-electron chi connectivity index (χ2n) is 5.42. The Morgan fingerprint density at radius 2 is 1.00 bits per heavy atom. The summed E-state index contributed by atoms with van der Waals surface area (Å²) in [5, 5.41) is 9.12. The highest BCUT2D eigenvalue weighted by molar-refractivity contribution is 7.48. The highest BCUT2D eigenvalue weighted by Gasteiger charge is 2.34. The molecular weight excluding hydrogens is 528 g/mol. The van der Waals surface area contributed by atoms with Gasteiger partial charge in [0.2, 0.25) is 0 Å². The van der Waals surface area contributed by atoms with E-state index in [0.29, 0.717) is 0 Å². The van der Waals surface area contributed by atoms with Crippen molar-refractivity contribution in [3.8, 4) is 0 Å². The van der Waals surface area contributed by atoms with Gasteiger partial charge in [-0.2, -0.15) is 0 Å². The molecule has 0 aliphatic carbocycles. The number of aliphatic hydroxyl groups excluding tert-OH is 1. The van der Waals surface area contributed by atoms with Crippen LogP contribution < -0.4 is 0 Å². The van der Waals surface area contributed by atoms with Crippen molar-refractivity contribution in [1.29, 1.82) is 0 Å². The molecule has 5 N–H and O–H groups in total. The zero-order valence-electron chi connectivity index (χ0n) is 17.3. The highest BCUT2D eigenvalue weighted by atomic mass is 31.2. The summed E-state index contributed by atoms with van der Waals surface area (Å²) in [7, 11) is -18.0. The summed E-state index contributed by atoms with van der Waals surface area (Å²) in [6, 6.07) is 0. The molecule has 21 heteroatoms. The van der Waals surface area contributed by atoms with Crippen LogP contribution in [0.25, 0.3) is 0 Å². The summed E-state index contributed by atoms with van der Waals surface area (Å²) in [4.78, 5) is 37.9. The lowest BCUT2D eigenvalue weighted by molar-refractivity contribution is 0.00125. The smallest absolute Gasteiger partial charge is 0.394 e. The molecule has 5 unspecified atom stereocenters. The lowest BCUT2D eigenvalue weighted by Crippen LogP contribution is -2.26. The van der Waals surface area contributed by atoms with Gasteiger partial charge in [-0.3, -0.25) is 36.2 Å². The van der Waals surface area contributed by atoms with Crippen molar-refractivity contribution < 1.29 is 79.1 Å². The molecule has 0 saturated carbocycles. The van der Waals surface area contributed by atoms with Crippen molar-refractivity contribution in [3.63, 3.8) is 0 Å². The van der Waals surface area contributed by atoms with Crippen LogP contribution in [0.15, 0.2) is 0 Å². The molecule has 0 saturated heterocycles. The molecular formula is C11H28O17P4. The molecule has 0 aromatic carbocycles. The van der Waals surface area contributed by atoms with E-state index in [0.717, 1.165) is 7.11 Å². The van der Waals surface area contributed by atoms with Gasteiger partial charge in [-0.05, 0) is 13.8 Å². The van der Waals surface area contributed by atoms with E-state index >= 15 is 0 Å². The first kappa shape index (κ1) is 32.4. The third-order valence-corrected chi connectivity index (χ3v) is 7.04. The fourth-order valence-electron chi connectivity index (χ4n) is 1.61. The van der Waals surface area contributed by atoms with Crippen molar-refractivity contribution in [3.05, 3.63) is 0 Å². The first-order valence-electron chi connectivity index (χ1n) is 8.68. The van der Waals surface area contributed by atoms with Gasteiger partial charge >= 0.3 is 31.3 Å². The van der Waals surface area contributed by atoms with Gasteiger partial charge in [0.15, 0.2) is 0 Å². The number of rotatable bonds is 19. The quantitative estimate of drug-likeness (QED) is 0.139. The maximum absolute atomic E-state index is 12.2. The van der Waals surface area contributed by atoms with Crippen LogP contribution in [-0.4, -0.2) is 83.6 Å². The van der Waals surface area contributed by atoms with E-state index in [9.17, 15) is 37.8 Å². The Labute approximate surface area is 183 Å². The Morgan fingerprint density at radius 3 is 1.38 bits per heavy atom. The first-order chi connectivity index (χ1) is 14.6. The SMILES string of the molecule is CCOP(=O)(O)OCC(COP(=O)(O)OCC)OP(=O)(O)OCC(CO)OP(=O)(O)OC. The number of hydrogen-bond acceptors (Lipinski definition) is 13. The summed E-state index contributed by atoms with van der Waals surface area (Å²) < 4.78 is 82.6. The Kier molecular flexibility index (Phi) is 14.9. The molecule has 0 aromatic heterocycles. The largest absolute Gasteiger partial charge is 0.472 e. The molecule has 194 valence electrons. The molecule has 5 atom stereocenters. The molecule has 0 amide bonds. The minimum Gasteiger partial charge on any atom is -0.394 e. The van der Waals surface area contributed by atoms with Crippen LogP contribution >= 0.6 is 31.3 Å². The molecule has 0 aliphatic heterocycles. The molecule has 32 heavy (non-hydrogen) atoms. The maximum Gasteiger partial charge on any atom is 0.472 e. The number of phosphoric acid groups is 4. The first-order valence-corrected chi connectivity index (χ1v) is 14.7. The molecule has 0 bridgehead atoms. The van der Waals surface area contributed by atoms with Crippen LogP contribution in [0.1, 0.15) is 13.8 Å². The molecule has 0 heterocycles. The average Bonchev–Trinajstić information content (AvgIpc) is 2.67. The van der Waals surface area contributed by atoms with Crippen LogP contribution in [0.5, 0.6) is 0 Å². The summed E-state index contributed by atoms with van der Waals surface area (Å²) in [5.74, 6) is 0. The van der Waals surface area contributed by atoms with Crippen LogP contribution in [-0.2, 0) is 54.5 Å². The predicted molar refractivity (Wildman–Crippen MR) is 104 cm³/mol. The zero-order chi connectivity index (χ0) is 25.1. The van der Waals surface area contributed by atoms with Crippen LogP contribution in [0.3, 0.4) is 0 Å². The summed E-state index contributed by atoms with van der Waals surface area (Å²) in [6.07, 6.45) is -3.34. The van der Waals surface area contributed by atoms with Gasteiger partial charge in [0, 0.05) is 7.11 Å². The van der Waals surface area contributed by atoms with E-state index in [1.165, 1.54) is 13.8 Å². The summed E-state index contributed by atoms with van der Waals surface area (Å²) in [5.41, 5.74) is 0. The number of aliphatic hydroxyl groups is 1. The average molecular weight is 556 g/mol. The fraction of sp³-hybridized carbons (Fsp3) is 1.00. The van der Waals surface area contributed by atoms with Gasteiger partial charge in [-0.15, -0.1) is 0 Å². The minimum atomic E-state index is -5.07. The molecule has 17 nitrogen and oxygen atoms in total. The summed E-state index contributed by atoms with van der Waals surface area (Å²) in [6.45, 7) is -1.41. The fourth-order valence-corrected chi connectivity index (χ4v) is 4.62. The van der Waals surface area contributed by atoms with Crippen molar-refractivity contribution in [2.24, 2.45) is 0 Å². The van der Waals surface area contributed by atoms with Gasteiger partial charge < -0.3 is 24.7 Å². The van der Waals surface area contributed by atoms with E-state index in [4.69, 9.17) is 9.63 Å². The minimum absolute atomic E-state index is 0.216. The normalized spacial score (nSPS) is 21.6. The molecule has 0 radical (unpaired) electrons. The van der Waals surface area contributed by atoms with Gasteiger partial charge in [0.05, 0.1) is 39.6 Å². The molecule has 0 aliphatic rings. The standard InChI is InChI=1S/C11H28O17P4/c1-4-22-30(15,16)24-8-11(9-25-31(17,18)23-5-2)28-32(19,20)26-7-10(6-12)27-29(13,14)21-3/h10-12H,4-9H2,1-3H3,(H,13,14)(H,15,16)(H,17,18)(H,19,20). The van der Waals surface area contributed by atoms with Crippen LogP contribution in [0, 0.1) is 0 Å². The van der Waals surface area contributed by atoms with Gasteiger partial charge in [0.25, 0.3) is 0 Å². The van der Waals surface area contributed by atoms with Gasteiger partial charge in [-0.1, -0.05) is 0 Å². The van der Waals surface area contributed by atoms with E-state index in [2.05, 4.69) is 31.7 Å². The van der Waals surface area contributed by atoms with E-state index < -0.39 is 69.9 Å².